The zero-order valence-electron chi connectivity index (χ0n) is 13.8. The topological polar surface area (TPSA) is 92.2 Å². The van der Waals surface area contributed by atoms with Crippen molar-refractivity contribution < 1.29 is 9.84 Å². The van der Waals surface area contributed by atoms with Crippen molar-refractivity contribution in [2.75, 3.05) is 19.0 Å². The summed E-state index contributed by atoms with van der Waals surface area (Å²) in [5.74, 6) is 1.04. The number of hydrogen-bond donors (Lipinski definition) is 3. The summed E-state index contributed by atoms with van der Waals surface area (Å²) in [6, 6.07) is 8.63. The maximum Gasteiger partial charge on any atom is 0.180 e. The first kappa shape index (κ1) is 16.8. The molecule has 0 aliphatic carbocycles. The molecule has 0 amide bonds. The van der Waals surface area contributed by atoms with E-state index in [4.69, 9.17) is 17.0 Å². The van der Waals surface area contributed by atoms with Crippen molar-refractivity contribution >= 4 is 34.3 Å². The molecule has 0 atom stereocenters. The Morgan fingerprint density at radius 1 is 1.24 bits per heavy atom. The molecule has 0 saturated heterocycles. The van der Waals surface area contributed by atoms with E-state index in [1.165, 1.54) is 7.11 Å². The van der Waals surface area contributed by atoms with E-state index in [0.29, 0.717) is 33.5 Å². The van der Waals surface area contributed by atoms with Crippen molar-refractivity contribution in [3.8, 4) is 22.8 Å². The lowest BCUT2D eigenvalue weighted by Gasteiger charge is -2.09. The highest BCUT2D eigenvalue weighted by Crippen LogP contribution is 2.30. The summed E-state index contributed by atoms with van der Waals surface area (Å²) in [5.41, 5.74) is 2.57. The molecule has 0 aliphatic rings. The van der Waals surface area contributed by atoms with E-state index < -0.39 is 0 Å². The van der Waals surface area contributed by atoms with E-state index in [9.17, 15) is 5.11 Å². The second kappa shape index (κ2) is 7.27. The van der Waals surface area contributed by atoms with Gasteiger partial charge in [-0.15, -0.1) is 0 Å². The summed E-state index contributed by atoms with van der Waals surface area (Å²) in [4.78, 5) is 13.4. The highest BCUT2D eigenvalue weighted by Gasteiger charge is 2.09. The molecule has 0 aliphatic heterocycles. The monoisotopic (exact) mass is 355 g/mol. The first-order chi connectivity index (χ1) is 12.1. The van der Waals surface area contributed by atoms with Crippen molar-refractivity contribution in [3.05, 3.63) is 36.5 Å². The largest absolute Gasteiger partial charge is 0.504 e. The minimum atomic E-state index is 0.0709. The minimum Gasteiger partial charge on any atom is -0.504 e. The number of thiocarbonyl (C=S) groups is 1. The van der Waals surface area contributed by atoms with Gasteiger partial charge >= 0.3 is 0 Å². The van der Waals surface area contributed by atoms with Gasteiger partial charge in [0.1, 0.15) is 11.3 Å². The number of phenols is 1. The minimum absolute atomic E-state index is 0.0709. The van der Waals surface area contributed by atoms with Gasteiger partial charge in [0.15, 0.2) is 22.3 Å². The predicted molar refractivity (Wildman–Crippen MR) is 101 cm³/mol. The van der Waals surface area contributed by atoms with Crippen LogP contribution in [0.1, 0.15) is 6.92 Å². The van der Waals surface area contributed by atoms with Crippen LogP contribution in [-0.2, 0) is 0 Å². The Bertz CT molecular complexity index is 932. The maximum atomic E-state index is 9.72. The standard InChI is InChI=1S/C17H17N5O2S/c1-3-18-17(25)22-15-7-5-11-16(21-15)20-12(9-19-11)10-4-6-13(23)14(8-10)24-2/h4-9,23H,3H2,1-2H3,(H2,18,20,21,22,25). The number of hydrogen-bond acceptors (Lipinski definition) is 6. The average molecular weight is 355 g/mol. The number of fused-ring (bicyclic) bond motifs is 1. The Hall–Kier alpha value is -3.00. The lowest BCUT2D eigenvalue weighted by Crippen LogP contribution is -2.28. The van der Waals surface area contributed by atoms with Gasteiger partial charge in [-0.2, -0.15) is 0 Å². The van der Waals surface area contributed by atoms with Crippen molar-refractivity contribution in [2.45, 2.75) is 6.92 Å². The van der Waals surface area contributed by atoms with Gasteiger partial charge in [0.25, 0.3) is 0 Å². The Labute approximate surface area is 150 Å². The summed E-state index contributed by atoms with van der Waals surface area (Å²) >= 11 is 5.16. The summed E-state index contributed by atoms with van der Waals surface area (Å²) in [6.07, 6.45) is 1.66. The molecule has 0 spiro atoms. The van der Waals surface area contributed by atoms with Gasteiger partial charge in [-0.1, -0.05) is 0 Å². The molecule has 0 unspecified atom stereocenters. The molecule has 3 aromatic rings. The molecule has 25 heavy (non-hydrogen) atoms. The number of nitrogens with zero attached hydrogens (tertiary/aromatic N) is 3. The van der Waals surface area contributed by atoms with E-state index in [1.807, 2.05) is 13.0 Å². The van der Waals surface area contributed by atoms with E-state index >= 15 is 0 Å². The smallest absolute Gasteiger partial charge is 0.180 e. The third kappa shape index (κ3) is 3.74. The van der Waals surface area contributed by atoms with E-state index in [0.717, 1.165) is 12.1 Å². The fraction of sp³-hybridized carbons (Fsp3) is 0.176. The van der Waals surface area contributed by atoms with Crippen molar-refractivity contribution in [3.63, 3.8) is 0 Å². The molecule has 3 rings (SSSR count). The lowest BCUT2D eigenvalue weighted by atomic mass is 10.1. The van der Waals surface area contributed by atoms with Crippen LogP contribution >= 0.6 is 12.2 Å². The van der Waals surface area contributed by atoms with Crippen LogP contribution in [-0.4, -0.2) is 38.8 Å². The predicted octanol–water partition coefficient (Wildman–Crippen LogP) is 2.71. The molecule has 0 bridgehead atoms. The quantitative estimate of drug-likeness (QED) is 0.615. The SMILES string of the molecule is CCNC(=S)Nc1ccc2ncc(-c3ccc(O)c(OC)c3)nc2n1. The Balaban J connectivity index is 1.96. The summed E-state index contributed by atoms with van der Waals surface area (Å²) < 4.78 is 5.14. The van der Waals surface area contributed by atoms with Crippen LogP contribution in [0, 0.1) is 0 Å². The van der Waals surface area contributed by atoms with E-state index in [1.54, 1.807) is 30.5 Å². The number of benzene rings is 1. The van der Waals surface area contributed by atoms with Crippen LogP contribution in [0.4, 0.5) is 5.82 Å². The highest BCUT2D eigenvalue weighted by atomic mass is 32.1. The molecule has 1 aromatic carbocycles. The molecule has 0 radical (unpaired) electrons. The second-order valence-electron chi connectivity index (χ2n) is 5.17. The number of phenolic OH excluding ortho intramolecular Hbond substituents is 1. The average Bonchev–Trinajstić information content (AvgIpc) is 2.61. The van der Waals surface area contributed by atoms with Crippen LogP contribution in [0.5, 0.6) is 11.5 Å². The van der Waals surface area contributed by atoms with Crippen LogP contribution < -0.4 is 15.4 Å². The highest BCUT2D eigenvalue weighted by molar-refractivity contribution is 7.80. The lowest BCUT2D eigenvalue weighted by molar-refractivity contribution is 0.373. The first-order valence-corrected chi connectivity index (χ1v) is 8.07. The Kier molecular flexibility index (Phi) is 4.90. The van der Waals surface area contributed by atoms with Crippen LogP contribution in [0.3, 0.4) is 0 Å². The van der Waals surface area contributed by atoms with Crippen molar-refractivity contribution in [1.29, 1.82) is 0 Å². The number of methoxy groups -OCH3 is 1. The zero-order chi connectivity index (χ0) is 17.8. The van der Waals surface area contributed by atoms with Crippen LogP contribution in [0.2, 0.25) is 0 Å². The molecule has 8 heteroatoms. The molecule has 0 saturated carbocycles. The fourth-order valence-electron chi connectivity index (χ4n) is 2.26. The van der Waals surface area contributed by atoms with Crippen LogP contribution in [0.15, 0.2) is 36.5 Å². The number of rotatable bonds is 4. The van der Waals surface area contributed by atoms with Gasteiger partial charge in [-0.3, -0.25) is 4.98 Å². The Morgan fingerprint density at radius 2 is 2.08 bits per heavy atom. The first-order valence-electron chi connectivity index (χ1n) is 7.66. The van der Waals surface area contributed by atoms with Gasteiger partial charge in [0.05, 0.1) is 19.0 Å². The van der Waals surface area contributed by atoms with Gasteiger partial charge in [0, 0.05) is 12.1 Å². The normalized spacial score (nSPS) is 10.5. The van der Waals surface area contributed by atoms with Crippen LogP contribution in [0.25, 0.3) is 22.4 Å². The van der Waals surface area contributed by atoms with E-state index in [-0.39, 0.29) is 5.75 Å². The maximum absolute atomic E-state index is 9.72. The molecule has 2 aromatic heterocycles. The fourth-order valence-corrected chi connectivity index (χ4v) is 2.51. The van der Waals surface area contributed by atoms with Gasteiger partial charge in [-0.25, -0.2) is 9.97 Å². The third-order valence-electron chi connectivity index (χ3n) is 3.46. The Morgan fingerprint density at radius 3 is 2.84 bits per heavy atom. The third-order valence-corrected chi connectivity index (χ3v) is 3.71. The molecule has 7 nitrogen and oxygen atoms in total. The molecule has 0 fully saturated rings. The number of ether oxygens (including phenoxy) is 1. The molecular weight excluding hydrogens is 338 g/mol. The molecule has 3 N–H and O–H groups in total. The summed E-state index contributed by atoms with van der Waals surface area (Å²) in [7, 11) is 1.50. The van der Waals surface area contributed by atoms with Gasteiger partial charge in [0.2, 0.25) is 0 Å². The van der Waals surface area contributed by atoms with Gasteiger partial charge < -0.3 is 20.5 Å². The summed E-state index contributed by atoms with van der Waals surface area (Å²) in [6.45, 7) is 2.69. The number of aromatic hydroxyl groups is 1. The van der Waals surface area contributed by atoms with Gasteiger partial charge in [-0.05, 0) is 49.5 Å². The molecular formula is C17H17N5O2S. The van der Waals surface area contributed by atoms with E-state index in [2.05, 4.69) is 25.6 Å². The summed E-state index contributed by atoms with van der Waals surface area (Å²) in [5, 5.41) is 16.2. The number of aromatic nitrogens is 3. The van der Waals surface area contributed by atoms with Crippen molar-refractivity contribution in [2.24, 2.45) is 0 Å². The number of nitrogens with one attached hydrogen (secondary N) is 2. The zero-order valence-corrected chi connectivity index (χ0v) is 14.6. The number of pyridine rings is 1. The number of anilines is 1. The molecule has 2 heterocycles. The molecule has 128 valence electrons. The second-order valence-corrected chi connectivity index (χ2v) is 5.57. The van der Waals surface area contributed by atoms with Crippen molar-refractivity contribution in [1.82, 2.24) is 20.3 Å².